The van der Waals surface area contributed by atoms with Gasteiger partial charge < -0.3 is 5.11 Å². The monoisotopic (exact) mass is 1030 g/mol. The number of pyridine rings is 1. The van der Waals surface area contributed by atoms with Gasteiger partial charge in [-0.05, 0) is 105 Å². The van der Waals surface area contributed by atoms with Crippen LogP contribution in [0.2, 0.25) is 0 Å². The number of phenols is 1. The number of aromatic nitrogens is 3. The standard InChI is InChI=1S/C59H62N3O.Pt/c1-37-30-38(2)54(63)49(31-37)55-61-53-47(20-17-21-52(53)62(55)51-27-26-45(59(12,13)58(9,10)11)36-48(51)40-18-15-14-16-19-40)42-32-43(34-46(33-42)57(6,7)8)50-35-41(28-29-60-50)39-22-24-44(25-23-39)56(3,4)5;/h14-31,33-36,63H,1-13H3;/q-1;/i3D3,4D3,5D3;. The average molecular weight is 1030 g/mol. The van der Waals surface area contributed by atoms with Gasteiger partial charge in [0.25, 0.3) is 0 Å². The van der Waals surface area contributed by atoms with E-state index in [1.54, 1.807) is 24.4 Å². The third-order valence-electron chi connectivity index (χ3n) is 13.0. The molecule has 330 valence electrons. The molecule has 0 aliphatic heterocycles. The third kappa shape index (κ3) is 8.79. The number of rotatable bonds is 7. The van der Waals surface area contributed by atoms with E-state index in [0.29, 0.717) is 39.3 Å². The molecule has 0 aliphatic rings. The fraction of sp³-hybridized carbons (Fsp3) is 0.288. The van der Waals surface area contributed by atoms with Crippen LogP contribution in [0.3, 0.4) is 0 Å². The summed E-state index contributed by atoms with van der Waals surface area (Å²) in [5.41, 5.74) is 9.30. The fourth-order valence-corrected chi connectivity index (χ4v) is 8.23. The van der Waals surface area contributed by atoms with Crippen molar-refractivity contribution in [2.24, 2.45) is 5.41 Å². The van der Waals surface area contributed by atoms with Crippen molar-refractivity contribution in [2.75, 3.05) is 0 Å². The van der Waals surface area contributed by atoms with E-state index in [1.165, 1.54) is 17.7 Å². The maximum atomic E-state index is 11.9. The molecule has 8 rings (SSSR count). The number of fused-ring (bicyclic) bond motifs is 1. The first-order valence-corrected chi connectivity index (χ1v) is 21.5. The van der Waals surface area contributed by atoms with Crippen LogP contribution < -0.4 is 0 Å². The molecule has 0 bridgehead atoms. The molecule has 0 fully saturated rings. The van der Waals surface area contributed by atoms with Crippen LogP contribution in [0, 0.1) is 25.3 Å². The Kier molecular flexibility index (Phi) is 9.55. The predicted molar refractivity (Wildman–Crippen MR) is 266 cm³/mol. The van der Waals surface area contributed by atoms with Crippen molar-refractivity contribution in [3.63, 3.8) is 0 Å². The van der Waals surface area contributed by atoms with Gasteiger partial charge in [-0.2, -0.15) is 0 Å². The minimum Gasteiger partial charge on any atom is -0.507 e. The molecule has 0 aliphatic carbocycles. The molecule has 0 saturated carbocycles. The molecule has 0 amide bonds. The van der Waals surface area contributed by atoms with Gasteiger partial charge in [-0.1, -0.05) is 172 Å². The molecule has 2 aromatic heterocycles. The van der Waals surface area contributed by atoms with E-state index in [4.69, 9.17) is 22.3 Å². The molecule has 1 N–H and O–H groups in total. The second-order valence-corrected chi connectivity index (χ2v) is 19.6. The Morgan fingerprint density at radius 3 is 1.95 bits per heavy atom. The van der Waals surface area contributed by atoms with Crippen LogP contribution in [0.1, 0.15) is 116 Å². The summed E-state index contributed by atoms with van der Waals surface area (Å²) < 4.78 is 75.9. The zero-order chi connectivity index (χ0) is 52.7. The number of aromatic hydroxyl groups is 1. The Balaban J connectivity index is 0.00000780. The van der Waals surface area contributed by atoms with Gasteiger partial charge in [0.2, 0.25) is 0 Å². The van der Waals surface area contributed by atoms with E-state index >= 15 is 0 Å². The van der Waals surface area contributed by atoms with Crippen LogP contribution in [-0.2, 0) is 37.3 Å². The summed E-state index contributed by atoms with van der Waals surface area (Å²) in [6, 6.07) is 44.5. The predicted octanol–water partition coefficient (Wildman–Crippen LogP) is 15.8. The summed E-state index contributed by atoms with van der Waals surface area (Å²) in [7, 11) is 0. The molecule has 0 unspecified atom stereocenters. The van der Waals surface area contributed by atoms with Crippen LogP contribution in [0.5, 0.6) is 5.75 Å². The molecule has 64 heavy (non-hydrogen) atoms. The Labute approximate surface area is 408 Å². The summed E-state index contributed by atoms with van der Waals surface area (Å²) in [5, 5.41) is 11.9. The topological polar surface area (TPSA) is 50.9 Å². The Hall–Kier alpha value is -5.57. The molecule has 5 heteroatoms. The van der Waals surface area contributed by atoms with E-state index < -0.39 is 26.0 Å². The number of nitrogens with zero attached hydrogens (tertiary/aromatic N) is 3. The van der Waals surface area contributed by atoms with Gasteiger partial charge in [-0.15, -0.1) is 29.3 Å². The van der Waals surface area contributed by atoms with Gasteiger partial charge in [-0.3, -0.25) is 9.55 Å². The zero-order valence-corrected chi connectivity index (χ0v) is 40.6. The number of aryl methyl sites for hydroxylation is 2. The first kappa shape index (κ1) is 35.7. The van der Waals surface area contributed by atoms with Gasteiger partial charge in [0, 0.05) is 50.9 Å². The van der Waals surface area contributed by atoms with E-state index in [1.807, 2.05) is 50.2 Å². The van der Waals surface area contributed by atoms with Gasteiger partial charge in [0.1, 0.15) is 11.6 Å². The first-order chi connectivity index (χ1) is 33.4. The number of benzene rings is 6. The van der Waals surface area contributed by atoms with Crippen molar-refractivity contribution in [3.05, 3.63) is 167 Å². The van der Waals surface area contributed by atoms with Crippen LogP contribution in [-0.4, -0.2) is 19.6 Å². The van der Waals surface area contributed by atoms with E-state index in [-0.39, 0.29) is 48.6 Å². The molecule has 0 atom stereocenters. The third-order valence-corrected chi connectivity index (χ3v) is 13.0. The van der Waals surface area contributed by atoms with Crippen LogP contribution in [0.4, 0.5) is 0 Å². The normalized spacial score (nSPS) is 15.1. The fourth-order valence-electron chi connectivity index (χ4n) is 8.23. The largest absolute Gasteiger partial charge is 0.507 e. The van der Waals surface area contributed by atoms with E-state index in [9.17, 15) is 5.11 Å². The molecule has 0 spiro atoms. The minimum absolute atomic E-state index is 0. The second kappa shape index (κ2) is 17.1. The summed E-state index contributed by atoms with van der Waals surface area (Å²) >= 11 is 0. The molecule has 8 aromatic rings. The summed E-state index contributed by atoms with van der Waals surface area (Å²) in [4.78, 5) is 10.3. The molecular formula is C59H62N3OPt-. The number of imidazole rings is 1. The van der Waals surface area contributed by atoms with Crippen LogP contribution >= 0.6 is 0 Å². The van der Waals surface area contributed by atoms with Crippen molar-refractivity contribution >= 4 is 11.0 Å². The van der Waals surface area contributed by atoms with Crippen molar-refractivity contribution in [2.45, 2.75) is 106 Å². The van der Waals surface area contributed by atoms with E-state index in [0.717, 1.165) is 50.1 Å². The van der Waals surface area contributed by atoms with Crippen molar-refractivity contribution in [3.8, 4) is 67.5 Å². The molecule has 6 aromatic carbocycles. The smallest absolute Gasteiger partial charge is 0.148 e. The van der Waals surface area contributed by atoms with Crippen LogP contribution in [0.25, 0.3) is 72.7 Å². The maximum absolute atomic E-state index is 11.9. The van der Waals surface area contributed by atoms with Crippen LogP contribution in [0.15, 0.2) is 134 Å². The minimum atomic E-state index is -3.37. The van der Waals surface area contributed by atoms with E-state index in [2.05, 4.69) is 127 Å². The average Bonchev–Trinajstić information content (AvgIpc) is 3.68. The van der Waals surface area contributed by atoms with Crippen molar-refractivity contribution in [1.82, 2.24) is 14.5 Å². The van der Waals surface area contributed by atoms with Gasteiger partial charge in [0.05, 0.1) is 22.3 Å². The summed E-state index contributed by atoms with van der Waals surface area (Å²) in [6.07, 6.45) is 1.66. The van der Waals surface area contributed by atoms with Crippen molar-refractivity contribution < 1.29 is 38.5 Å². The number of para-hydroxylation sites is 1. The Morgan fingerprint density at radius 2 is 1.28 bits per heavy atom. The maximum Gasteiger partial charge on any atom is 0.148 e. The quantitative estimate of drug-likeness (QED) is 0.162. The number of hydrogen-bond acceptors (Lipinski definition) is 3. The van der Waals surface area contributed by atoms with Gasteiger partial charge in [-0.25, -0.2) is 4.98 Å². The Morgan fingerprint density at radius 1 is 0.594 bits per heavy atom. The molecule has 0 saturated heterocycles. The second-order valence-electron chi connectivity index (χ2n) is 19.6. The van der Waals surface area contributed by atoms with Crippen molar-refractivity contribution in [1.29, 1.82) is 0 Å². The summed E-state index contributed by atoms with van der Waals surface area (Å²) in [6.45, 7) is 11.6. The molecule has 2 heterocycles. The first-order valence-electron chi connectivity index (χ1n) is 26.0. The molecule has 4 nitrogen and oxygen atoms in total. The number of hydrogen-bond donors (Lipinski definition) is 1. The molecular weight excluding hydrogens is 962 g/mol. The van der Waals surface area contributed by atoms with Gasteiger partial charge in [0.15, 0.2) is 0 Å². The number of phenolic OH excluding ortho intramolecular Hbond substituents is 1. The summed E-state index contributed by atoms with van der Waals surface area (Å²) in [5.74, 6) is 0.740. The van der Waals surface area contributed by atoms with Gasteiger partial charge >= 0.3 is 0 Å². The Bertz CT molecular complexity index is 3300. The zero-order valence-electron chi connectivity index (χ0n) is 47.3. The SMILES string of the molecule is [2H]C([2H])([2H])C(c1ccc(-c2ccnc(-c3[c-]c(-c4cccc5c4nc(-c4cc(C)cc(C)c4O)n5-c4ccc(C(C)(C)C(C)(C)C)cc4-c4ccccc4)cc(C(C)(C)C)c3)c2)cc1)(C([2H])([2H])[2H])C([2H])([2H])[2H].[Pt]. The molecule has 0 radical (unpaired) electrons.